The lowest BCUT2D eigenvalue weighted by Crippen LogP contribution is -2.33. The molecule has 0 unspecified atom stereocenters. The van der Waals surface area contributed by atoms with Gasteiger partial charge in [0.05, 0.1) is 5.69 Å². The minimum atomic E-state index is 0.538. The van der Waals surface area contributed by atoms with E-state index in [0.717, 1.165) is 24.2 Å². The van der Waals surface area contributed by atoms with Crippen molar-refractivity contribution in [3.8, 4) is 0 Å². The van der Waals surface area contributed by atoms with E-state index >= 15 is 0 Å². The van der Waals surface area contributed by atoms with E-state index in [0.29, 0.717) is 12.5 Å². The maximum Gasteiger partial charge on any atom is 0.196 e. The first-order chi connectivity index (χ1) is 8.13. The summed E-state index contributed by atoms with van der Waals surface area (Å²) >= 11 is 0. The van der Waals surface area contributed by atoms with Gasteiger partial charge in [-0.1, -0.05) is 19.1 Å². The van der Waals surface area contributed by atoms with E-state index in [-0.39, 0.29) is 0 Å². The number of nitrogens with zero attached hydrogens (tertiary/aromatic N) is 2. The highest BCUT2D eigenvalue weighted by Gasteiger charge is 2.06. The fourth-order valence-electron chi connectivity index (χ4n) is 1.70. The third-order valence-corrected chi connectivity index (χ3v) is 2.92. The minimum Gasteiger partial charge on any atom is -0.369 e. The van der Waals surface area contributed by atoms with Crippen molar-refractivity contribution in [1.82, 2.24) is 4.90 Å². The molecule has 1 aromatic rings. The Morgan fingerprint density at radius 1 is 1.35 bits per heavy atom. The van der Waals surface area contributed by atoms with E-state index in [4.69, 9.17) is 11.5 Å². The van der Waals surface area contributed by atoms with Crippen molar-refractivity contribution in [2.24, 2.45) is 16.5 Å². The number of guanidine groups is 1. The van der Waals surface area contributed by atoms with Crippen LogP contribution in [-0.4, -0.2) is 24.5 Å². The molecule has 0 saturated heterocycles. The zero-order valence-corrected chi connectivity index (χ0v) is 10.9. The average molecular weight is 234 g/mol. The van der Waals surface area contributed by atoms with Crippen LogP contribution in [0.25, 0.3) is 0 Å². The molecule has 0 amide bonds. The van der Waals surface area contributed by atoms with Crippen molar-refractivity contribution >= 4 is 11.6 Å². The molecule has 0 aromatic heterocycles. The Balaban J connectivity index is 3.14. The van der Waals surface area contributed by atoms with Crippen LogP contribution in [0.4, 0.5) is 5.69 Å². The van der Waals surface area contributed by atoms with Crippen LogP contribution < -0.4 is 11.5 Å². The summed E-state index contributed by atoms with van der Waals surface area (Å²) in [6.45, 7) is 5.52. The summed E-state index contributed by atoms with van der Waals surface area (Å²) in [7, 11) is 1.93. The molecule has 0 fully saturated rings. The third kappa shape index (κ3) is 3.20. The number of nitrogens with two attached hydrogens (primary N) is 2. The largest absolute Gasteiger partial charge is 0.369 e. The van der Waals surface area contributed by atoms with Crippen LogP contribution in [0, 0.1) is 0 Å². The first kappa shape index (κ1) is 13.5. The molecule has 0 spiro atoms. The van der Waals surface area contributed by atoms with Crippen molar-refractivity contribution in [3.05, 3.63) is 29.3 Å². The summed E-state index contributed by atoms with van der Waals surface area (Å²) < 4.78 is 0. The Morgan fingerprint density at radius 2 is 2.06 bits per heavy atom. The SMILES string of the molecule is CCc1c(CN)cccc1N=C(N)N(C)CC. The molecule has 0 aliphatic heterocycles. The Morgan fingerprint density at radius 3 is 2.59 bits per heavy atom. The van der Waals surface area contributed by atoms with Gasteiger partial charge in [0.1, 0.15) is 0 Å². The molecule has 17 heavy (non-hydrogen) atoms. The van der Waals surface area contributed by atoms with Crippen LogP contribution in [0.1, 0.15) is 25.0 Å². The van der Waals surface area contributed by atoms with Crippen LogP contribution >= 0.6 is 0 Å². The van der Waals surface area contributed by atoms with Gasteiger partial charge in [-0.2, -0.15) is 0 Å². The van der Waals surface area contributed by atoms with E-state index in [1.165, 1.54) is 5.56 Å². The predicted molar refractivity (Wildman–Crippen MR) is 73.3 cm³/mol. The standard InChI is InChI=1S/C13H22N4/c1-4-11-10(9-14)7-6-8-12(11)16-13(15)17(3)5-2/h6-8H,4-5,9,14H2,1-3H3,(H2,15,16). The number of hydrogen-bond donors (Lipinski definition) is 2. The van der Waals surface area contributed by atoms with Gasteiger partial charge in [0.25, 0.3) is 0 Å². The highest BCUT2D eigenvalue weighted by molar-refractivity contribution is 5.81. The van der Waals surface area contributed by atoms with Crippen molar-refractivity contribution < 1.29 is 0 Å². The third-order valence-electron chi connectivity index (χ3n) is 2.92. The van der Waals surface area contributed by atoms with Crippen molar-refractivity contribution in [2.75, 3.05) is 13.6 Å². The summed E-state index contributed by atoms with van der Waals surface area (Å²) in [4.78, 5) is 6.39. The molecule has 0 saturated carbocycles. The average Bonchev–Trinajstić information content (AvgIpc) is 2.37. The minimum absolute atomic E-state index is 0.538. The number of aliphatic imine (C=N–C) groups is 1. The molecule has 0 heterocycles. The van der Waals surface area contributed by atoms with Gasteiger partial charge in [-0.25, -0.2) is 4.99 Å². The Kier molecular flexibility index (Phi) is 4.97. The van der Waals surface area contributed by atoms with Gasteiger partial charge < -0.3 is 16.4 Å². The lowest BCUT2D eigenvalue weighted by atomic mass is 10.0. The molecule has 0 atom stereocenters. The second-order valence-corrected chi connectivity index (χ2v) is 3.96. The molecule has 0 bridgehead atoms. The van der Waals surface area contributed by atoms with E-state index in [9.17, 15) is 0 Å². The quantitative estimate of drug-likeness (QED) is 0.614. The fraction of sp³-hybridized carbons (Fsp3) is 0.462. The molecule has 0 aliphatic rings. The number of hydrogen-bond acceptors (Lipinski definition) is 2. The van der Waals surface area contributed by atoms with Gasteiger partial charge in [0.2, 0.25) is 0 Å². The zero-order valence-electron chi connectivity index (χ0n) is 10.9. The molecular weight excluding hydrogens is 212 g/mol. The van der Waals surface area contributed by atoms with Gasteiger partial charge in [-0.3, -0.25) is 0 Å². The van der Waals surface area contributed by atoms with Crippen LogP contribution in [0.2, 0.25) is 0 Å². The van der Waals surface area contributed by atoms with Crippen LogP contribution in [0.3, 0.4) is 0 Å². The van der Waals surface area contributed by atoms with E-state index < -0.39 is 0 Å². The molecule has 94 valence electrons. The second-order valence-electron chi connectivity index (χ2n) is 3.96. The lowest BCUT2D eigenvalue weighted by Gasteiger charge is -2.16. The molecule has 0 radical (unpaired) electrons. The molecule has 0 aliphatic carbocycles. The van der Waals surface area contributed by atoms with Crippen LogP contribution in [-0.2, 0) is 13.0 Å². The second kappa shape index (κ2) is 6.25. The molecule has 4 N–H and O–H groups in total. The smallest absolute Gasteiger partial charge is 0.196 e. The maximum absolute atomic E-state index is 5.92. The summed E-state index contributed by atoms with van der Waals surface area (Å²) in [6, 6.07) is 5.99. The summed E-state index contributed by atoms with van der Waals surface area (Å²) in [5.74, 6) is 0.538. The lowest BCUT2D eigenvalue weighted by molar-refractivity contribution is 0.529. The van der Waals surface area contributed by atoms with Crippen LogP contribution in [0.5, 0.6) is 0 Å². The molecule has 1 rings (SSSR count). The molecule has 1 aromatic carbocycles. The number of benzene rings is 1. The van der Waals surface area contributed by atoms with Gasteiger partial charge in [-0.05, 0) is 30.5 Å². The predicted octanol–water partition coefficient (Wildman–Crippen LogP) is 1.61. The van der Waals surface area contributed by atoms with Crippen molar-refractivity contribution in [3.63, 3.8) is 0 Å². The highest BCUT2D eigenvalue weighted by atomic mass is 15.2. The highest BCUT2D eigenvalue weighted by Crippen LogP contribution is 2.23. The Bertz CT molecular complexity index is 398. The van der Waals surface area contributed by atoms with Gasteiger partial charge in [-0.15, -0.1) is 0 Å². The molecular formula is C13H22N4. The molecule has 4 nitrogen and oxygen atoms in total. The van der Waals surface area contributed by atoms with Crippen molar-refractivity contribution in [1.29, 1.82) is 0 Å². The summed E-state index contributed by atoms with van der Waals surface area (Å²) in [6.07, 6.45) is 0.912. The first-order valence-corrected chi connectivity index (χ1v) is 6.00. The van der Waals surface area contributed by atoms with E-state index in [2.05, 4.69) is 11.9 Å². The van der Waals surface area contributed by atoms with Gasteiger partial charge in [0.15, 0.2) is 5.96 Å². The molecule has 4 heteroatoms. The Labute approximate surface area is 103 Å². The summed E-state index contributed by atoms with van der Waals surface area (Å²) in [5.41, 5.74) is 14.9. The maximum atomic E-state index is 5.92. The van der Waals surface area contributed by atoms with E-state index in [1.54, 1.807) is 0 Å². The topological polar surface area (TPSA) is 67.6 Å². The normalized spacial score (nSPS) is 11.6. The Hall–Kier alpha value is -1.55. The number of rotatable bonds is 4. The van der Waals surface area contributed by atoms with Gasteiger partial charge >= 0.3 is 0 Å². The first-order valence-electron chi connectivity index (χ1n) is 6.00. The van der Waals surface area contributed by atoms with Gasteiger partial charge in [0, 0.05) is 20.1 Å². The monoisotopic (exact) mass is 234 g/mol. The van der Waals surface area contributed by atoms with Crippen LogP contribution in [0.15, 0.2) is 23.2 Å². The van der Waals surface area contributed by atoms with Crippen molar-refractivity contribution in [2.45, 2.75) is 26.8 Å². The zero-order chi connectivity index (χ0) is 12.8. The fourth-order valence-corrected chi connectivity index (χ4v) is 1.70. The van der Waals surface area contributed by atoms with E-state index in [1.807, 2.05) is 37.1 Å². The summed E-state index contributed by atoms with van der Waals surface area (Å²) in [5, 5.41) is 0.